The lowest BCUT2D eigenvalue weighted by atomic mass is 10.0. The molecular weight excluding hydrogens is 244 g/mol. The van der Waals surface area contributed by atoms with Crippen molar-refractivity contribution < 1.29 is 4.79 Å². The van der Waals surface area contributed by atoms with Crippen molar-refractivity contribution in [3.05, 3.63) is 53.5 Å². The van der Waals surface area contributed by atoms with Crippen molar-refractivity contribution in [2.24, 2.45) is 5.73 Å². The van der Waals surface area contributed by atoms with E-state index in [0.717, 1.165) is 21.3 Å². The summed E-state index contributed by atoms with van der Waals surface area (Å²) in [5, 5.41) is 0. The van der Waals surface area contributed by atoms with E-state index >= 15 is 0 Å². The number of amides is 1. The molecule has 88 valence electrons. The minimum atomic E-state index is -0.411. The highest BCUT2D eigenvalue weighted by atomic mass is 32.1. The molecule has 0 saturated carbocycles. The first-order valence-electron chi connectivity index (χ1n) is 5.47. The van der Waals surface area contributed by atoms with Gasteiger partial charge in [-0.15, -0.1) is 11.3 Å². The molecular formula is C14H10N2OS. The van der Waals surface area contributed by atoms with Crippen molar-refractivity contribution in [1.29, 1.82) is 0 Å². The quantitative estimate of drug-likeness (QED) is 0.764. The van der Waals surface area contributed by atoms with Gasteiger partial charge in [0, 0.05) is 5.56 Å². The summed E-state index contributed by atoms with van der Waals surface area (Å²) in [6.07, 6.45) is 0. The van der Waals surface area contributed by atoms with Crippen LogP contribution in [-0.2, 0) is 0 Å². The number of hydrogen-bond donors (Lipinski definition) is 1. The Morgan fingerprint density at radius 2 is 1.94 bits per heavy atom. The number of thiazole rings is 1. The van der Waals surface area contributed by atoms with Gasteiger partial charge in [0.25, 0.3) is 0 Å². The molecule has 0 unspecified atom stereocenters. The predicted molar refractivity (Wildman–Crippen MR) is 73.6 cm³/mol. The third-order valence-electron chi connectivity index (χ3n) is 2.81. The fourth-order valence-electron chi connectivity index (χ4n) is 1.89. The van der Waals surface area contributed by atoms with Gasteiger partial charge in [0.1, 0.15) is 0 Å². The summed E-state index contributed by atoms with van der Waals surface area (Å²) in [6, 6.07) is 13.4. The van der Waals surface area contributed by atoms with Crippen LogP contribution in [0.5, 0.6) is 0 Å². The molecule has 1 aromatic heterocycles. The molecule has 0 spiro atoms. The minimum Gasteiger partial charge on any atom is -0.366 e. The number of primary amides is 1. The van der Waals surface area contributed by atoms with Crippen molar-refractivity contribution in [3.8, 4) is 11.1 Å². The molecule has 1 heterocycles. The van der Waals surface area contributed by atoms with Crippen molar-refractivity contribution >= 4 is 27.5 Å². The van der Waals surface area contributed by atoms with E-state index in [1.165, 1.54) is 0 Å². The van der Waals surface area contributed by atoms with Gasteiger partial charge in [-0.2, -0.15) is 0 Å². The average Bonchev–Trinajstić information content (AvgIpc) is 2.86. The maximum absolute atomic E-state index is 11.2. The van der Waals surface area contributed by atoms with Crippen LogP contribution in [0.15, 0.2) is 48.0 Å². The van der Waals surface area contributed by atoms with Crippen molar-refractivity contribution in [1.82, 2.24) is 4.98 Å². The SMILES string of the molecule is NC(=O)c1cccc(-c2ccc3scnc3c2)c1. The first-order valence-corrected chi connectivity index (χ1v) is 6.35. The number of aromatic nitrogens is 1. The second kappa shape index (κ2) is 4.23. The lowest BCUT2D eigenvalue weighted by molar-refractivity contribution is 0.100. The zero-order chi connectivity index (χ0) is 12.5. The van der Waals surface area contributed by atoms with Crippen LogP contribution in [0.2, 0.25) is 0 Å². The molecule has 0 fully saturated rings. The Balaban J connectivity index is 2.13. The summed E-state index contributed by atoms with van der Waals surface area (Å²) >= 11 is 1.61. The molecule has 3 aromatic rings. The molecule has 0 atom stereocenters. The number of nitrogens with two attached hydrogens (primary N) is 1. The molecule has 0 saturated heterocycles. The van der Waals surface area contributed by atoms with Crippen LogP contribution in [0.3, 0.4) is 0 Å². The van der Waals surface area contributed by atoms with Crippen LogP contribution < -0.4 is 5.73 Å². The Kier molecular flexibility index (Phi) is 2.57. The maximum Gasteiger partial charge on any atom is 0.248 e. The van der Waals surface area contributed by atoms with E-state index in [-0.39, 0.29) is 0 Å². The number of nitrogens with zero attached hydrogens (tertiary/aromatic N) is 1. The van der Waals surface area contributed by atoms with Crippen LogP contribution in [0.4, 0.5) is 0 Å². The normalized spacial score (nSPS) is 10.7. The van der Waals surface area contributed by atoms with Gasteiger partial charge in [0.2, 0.25) is 5.91 Å². The summed E-state index contributed by atoms with van der Waals surface area (Å²) in [7, 11) is 0. The van der Waals surface area contributed by atoms with Crippen molar-refractivity contribution in [2.45, 2.75) is 0 Å². The average molecular weight is 254 g/mol. The fourth-order valence-corrected chi connectivity index (χ4v) is 2.55. The Hall–Kier alpha value is -2.20. The van der Waals surface area contributed by atoms with Crippen LogP contribution >= 0.6 is 11.3 Å². The third kappa shape index (κ3) is 1.87. The molecule has 3 nitrogen and oxygen atoms in total. The standard InChI is InChI=1S/C14H10N2OS/c15-14(17)11-3-1-2-9(6-11)10-4-5-13-12(7-10)16-8-18-13/h1-8H,(H2,15,17). The fraction of sp³-hybridized carbons (Fsp3) is 0. The monoisotopic (exact) mass is 254 g/mol. The molecule has 0 radical (unpaired) electrons. The smallest absolute Gasteiger partial charge is 0.248 e. The van der Waals surface area contributed by atoms with Gasteiger partial charge in [-0.1, -0.05) is 18.2 Å². The summed E-state index contributed by atoms with van der Waals surface area (Å²) in [6.45, 7) is 0. The lowest BCUT2D eigenvalue weighted by Gasteiger charge is -2.03. The van der Waals surface area contributed by atoms with Gasteiger partial charge >= 0.3 is 0 Å². The van der Waals surface area contributed by atoms with Gasteiger partial charge in [-0.3, -0.25) is 4.79 Å². The van der Waals surface area contributed by atoms with Gasteiger partial charge in [-0.05, 0) is 35.4 Å². The highest BCUT2D eigenvalue weighted by molar-refractivity contribution is 7.16. The molecule has 3 rings (SSSR count). The second-order valence-electron chi connectivity index (χ2n) is 3.98. The van der Waals surface area contributed by atoms with E-state index in [1.807, 2.05) is 35.8 Å². The molecule has 1 amide bonds. The summed E-state index contributed by atoms with van der Waals surface area (Å²) in [5.74, 6) is -0.411. The van der Waals surface area contributed by atoms with E-state index in [0.29, 0.717) is 5.56 Å². The van der Waals surface area contributed by atoms with Crippen LogP contribution in [0.1, 0.15) is 10.4 Å². The maximum atomic E-state index is 11.2. The van der Waals surface area contributed by atoms with Crippen LogP contribution in [0, 0.1) is 0 Å². The van der Waals surface area contributed by atoms with E-state index in [9.17, 15) is 4.79 Å². The number of carbonyl (C=O) groups is 1. The predicted octanol–water partition coefficient (Wildman–Crippen LogP) is 3.06. The van der Waals surface area contributed by atoms with Crippen LogP contribution in [-0.4, -0.2) is 10.9 Å². The Morgan fingerprint density at radius 3 is 2.78 bits per heavy atom. The first-order chi connectivity index (χ1) is 8.74. The summed E-state index contributed by atoms with van der Waals surface area (Å²) in [4.78, 5) is 15.5. The summed E-state index contributed by atoms with van der Waals surface area (Å²) < 4.78 is 1.16. The second-order valence-corrected chi connectivity index (χ2v) is 4.87. The lowest BCUT2D eigenvalue weighted by Crippen LogP contribution is -2.10. The zero-order valence-electron chi connectivity index (χ0n) is 9.46. The zero-order valence-corrected chi connectivity index (χ0v) is 10.3. The van der Waals surface area contributed by atoms with Crippen molar-refractivity contribution in [2.75, 3.05) is 0 Å². The van der Waals surface area contributed by atoms with Gasteiger partial charge < -0.3 is 5.73 Å². The number of carbonyl (C=O) groups excluding carboxylic acids is 1. The minimum absolute atomic E-state index is 0.411. The Bertz CT molecular complexity index is 733. The highest BCUT2D eigenvalue weighted by Crippen LogP contribution is 2.26. The molecule has 2 N–H and O–H groups in total. The van der Waals surface area contributed by atoms with E-state index in [2.05, 4.69) is 4.98 Å². The molecule has 18 heavy (non-hydrogen) atoms. The number of fused-ring (bicyclic) bond motifs is 1. The number of benzene rings is 2. The number of rotatable bonds is 2. The van der Waals surface area contributed by atoms with Gasteiger partial charge in [0.15, 0.2) is 0 Å². The third-order valence-corrected chi connectivity index (χ3v) is 3.62. The number of hydrogen-bond acceptors (Lipinski definition) is 3. The molecule has 0 bridgehead atoms. The molecule has 0 aliphatic rings. The molecule has 4 heteroatoms. The molecule has 0 aliphatic carbocycles. The van der Waals surface area contributed by atoms with E-state index < -0.39 is 5.91 Å². The first kappa shape index (κ1) is 10.9. The summed E-state index contributed by atoms with van der Waals surface area (Å²) in [5.41, 5.74) is 10.6. The van der Waals surface area contributed by atoms with E-state index in [1.54, 1.807) is 23.5 Å². The Labute approximate surface area is 108 Å². The van der Waals surface area contributed by atoms with Crippen LogP contribution in [0.25, 0.3) is 21.3 Å². The Morgan fingerprint density at radius 1 is 1.11 bits per heavy atom. The van der Waals surface area contributed by atoms with Gasteiger partial charge in [-0.25, -0.2) is 4.98 Å². The van der Waals surface area contributed by atoms with E-state index in [4.69, 9.17) is 5.73 Å². The molecule has 0 aliphatic heterocycles. The van der Waals surface area contributed by atoms with Crippen molar-refractivity contribution in [3.63, 3.8) is 0 Å². The largest absolute Gasteiger partial charge is 0.366 e. The topological polar surface area (TPSA) is 56.0 Å². The highest BCUT2D eigenvalue weighted by Gasteiger charge is 2.05. The molecule has 2 aromatic carbocycles. The van der Waals surface area contributed by atoms with Gasteiger partial charge in [0.05, 0.1) is 15.7 Å².